The largest absolute Gasteiger partial charge is 0.350 e. The minimum atomic E-state index is -0.511. The van der Waals surface area contributed by atoms with Gasteiger partial charge in [-0.05, 0) is 20.3 Å². The molecule has 0 unspecified atom stereocenters. The predicted octanol–water partition coefficient (Wildman–Crippen LogP) is 1.75. The van der Waals surface area contributed by atoms with Gasteiger partial charge in [-0.25, -0.2) is 0 Å². The summed E-state index contributed by atoms with van der Waals surface area (Å²) in [4.78, 5) is 11.4. The van der Waals surface area contributed by atoms with E-state index >= 15 is 0 Å². The summed E-state index contributed by atoms with van der Waals surface area (Å²) >= 11 is 0. The van der Waals surface area contributed by atoms with Gasteiger partial charge < -0.3 is 9.47 Å². The number of carbonyl (C=O) groups excluding carboxylic acids is 1. The van der Waals surface area contributed by atoms with E-state index < -0.39 is 5.79 Å². The quantitative estimate of drug-likeness (QED) is 0.673. The summed E-state index contributed by atoms with van der Waals surface area (Å²) < 4.78 is 10.8. The molecular formula is C10H18O3. The van der Waals surface area contributed by atoms with Crippen molar-refractivity contribution < 1.29 is 14.3 Å². The van der Waals surface area contributed by atoms with Gasteiger partial charge in [0, 0.05) is 6.42 Å². The molecule has 0 bridgehead atoms. The number of carbonyl (C=O) groups is 1. The third-order valence-electron chi connectivity index (χ3n) is 2.22. The van der Waals surface area contributed by atoms with Gasteiger partial charge in [0.05, 0.1) is 19.1 Å². The zero-order valence-electron chi connectivity index (χ0n) is 8.63. The molecule has 76 valence electrons. The van der Waals surface area contributed by atoms with Gasteiger partial charge in [-0.3, -0.25) is 4.79 Å². The number of hydrogen-bond acceptors (Lipinski definition) is 3. The average Bonchev–Trinajstić information content (AvgIpc) is 2.04. The molecule has 0 spiro atoms. The highest BCUT2D eigenvalue weighted by atomic mass is 16.7. The van der Waals surface area contributed by atoms with Crippen LogP contribution >= 0.6 is 0 Å². The maximum Gasteiger partial charge on any atom is 0.162 e. The smallest absolute Gasteiger partial charge is 0.162 e. The fourth-order valence-corrected chi connectivity index (χ4v) is 1.33. The maximum atomic E-state index is 11.4. The summed E-state index contributed by atoms with van der Waals surface area (Å²) in [5.74, 6) is -0.297. The second-order valence-corrected chi connectivity index (χ2v) is 3.94. The van der Waals surface area contributed by atoms with Crippen LogP contribution in [0.3, 0.4) is 0 Å². The molecule has 0 amide bonds. The van der Waals surface area contributed by atoms with Crippen molar-refractivity contribution in [3.63, 3.8) is 0 Å². The van der Waals surface area contributed by atoms with E-state index in [0.717, 1.165) is 6.42 Å². The molecule has 0 aromatic carbocycles. The summed E-state index contributed by atoms with van der Waals surface area (Å²) in [6.45, 7) is 6.76. The lowest BCUT2D eigenvalue weighted by Crippen LogP contribution is -2.42. The molecule has 0 atom stereocenters. The standard InChI is InChI=1S/C10H18O3/c1-4-5-9(11)8-6-12-10(2,3)13-7-8/h8H,4-7H2,1-3H3. The summed E-state index contributed by atoms with van der Waals surface area (Å²) in [6, 6.07) is 0. The minimum Gasteiger partial charge on any atom is -0.350 e. The molecular weight excluding hydrogens is 168 g/mol. The van der Waals surface area contributed by atoms with Crippen LogP contribution in [-0.2, 0) is 14.3 Å². The topological polar surface area (TPSA) is 35.5 Å². The Labute approximate surface area is 79.4 Å². The van der Waals surface area contributed by atoms with Gasteiger partial charge in [0.1, 0.15) is 5.78 Å². The van der Waals surface area contributed by atoms with Crippen molar-refractivity contribution in [1.29, 1.82) is 0 Å². The Morgan fingerprint density at radius 1 is 1.38 bits per heavy atom. The van der Waals surface area contributed by atoms with Crippen LogP contribution in [0.1, 0.15) is 33.6 Å². The molecule has 1 rings (SSSR count). The normalized spacial score (nSPS) is 23.0. The Bertz CT molecular complexity index is 177. The van der Waals surface area contributed by atoms with Gasteiger partial charge in [-0.1, -0.05) is 6.92 Å². The third-order valence-corrected chi connectivity index (χ3v) is 2.22. The molecule has 3 nitrogen and oxygen atoms in total. The molecule has 1 saturated heterocycles. The lowest BCUT2D eigenvalue weighted by Gasteiger charge is -2.34. The fourth-order valence-electron chi connectivity index (χ4n) is 1.33. The van der Waals surface area contributed by atoms with E-state index in [-0.39, 0.29) is 11.7 Å². The first kappa shape index (κ1) is 10.7. The Morgan fingerprint density at radius 2 is 1.92 bits per heavy atom. The molecule has 13 heavy (non-hydrogen) atoms. The molecule has 3 heteroatoms. The van der Waals surface area contributed by atoms with Crippen LogP contribution < -0.4 is 0 Å². The number of rotatable bonds is 3. The summed E-state index contributed by atoms with van der Waals surface area (Å²) in [6.07, 6.45) is 1.54. The van der Waals surface area contributed by atoms with E-state index in [9.17, 15) is 4.79 Å². The van der Waals surface area contributed by atoms with Crippen molar-refractivity contribution in [2.24, 2.45) is 5.92 Å². The molecule has 0 aliphatic carbocycles. The van der Waals surface area contributed by atoms with E-state index in [0.29, 0.717) is 19.6 Å². The van der Waals surface area contributed by atoms with Crippen molar-refractivity contribution in [2.75, 3.05) is 13.2 Å². The van der Waals surface area contributed by atoms with E-state index in [2.05, 4.69) is 0 Å². The van der Waals surface area contributed by atoms with Crippen LogP contribution in [-0.4, -0.2) is 24.8 Å². The SMILES string of the molecule is CCCC(=O)C1COC(C)(C)OC1. The monoisotopic (exact) mass is 186 g/mol. The van der Waals surface area contributed by atoms with Crippen molar-refractivity contribution in [3.8, 4) is 0 Å². The van der Waals surface area contributed by atoms with Crippen molar-refractivity contribution in [3.05, 3.63) is 0 Å². The number of ketones is 1. The molecule has 0 aromatic rings. The molecule has 1 fully saturated rings. The number of ether oxygens (including phenoxy) is 2. The lowest BCUT2D eigenvalue weighted by atomic mass is 10.0. The zero-order chi connectivity index (χ0) is 9.90. The van der Waals surface area contributed by atoms with Gasteiger partial charge >= 0.3 is 0 Å². The first-order chi connectivity index (χ1) is 6.05. The Hall–Kier alpha value is -0.410. The molecule has 0 aromatic heterocycles. The van der Waals surface area contributed by atoms with E-state index in [1.165, 1.54) is 0 Å². The molecule has 0 radical (unpaired) electrons. The molecule has 0 N–H and O–H groups in total. The van der Waals surface area contributed by atoms with Crippen molar-refractivity contribution in [1.82, 2.24) is 0 Å². The summed E-state index contributed by atoms with van der Waals surface area (Å²) in [7, 11) is 0. The maximum absolute atomic E-state index is 11.4. The first-order valence-corrected chi connectivity index (χ1v) is 4.86. The van der Waals surface area contributed by atoms with Gasteiger partial charge in [0.25, 0.3) is 0 Å². The van der Waals surface area contributed by atoms with Crippen LogP contribution in [0.25, 0.3) is 0 Å². The molecule has 1 aliphatic rings. The van der Waals surface area contributed by atoms with Crippen LogP contribution in [0.2, 0.25) is 0 Å². The molecule has 0 saturated carbocycles. The van der Waals surface area contributed by atoms with Crippen molar-refractivity contribution in [2.45, 2.75) is 39.4 Å². The van der Waals surface area contributed by atoms with E-state index in [4.69, 9.17) is 9.47 Å². The van der Waals surface area contributed by atoms with E-state index in [1.54, 1.807) is 0 Å². The molecule has 1 heterocycles. The van der Waals surface area contributed by atoms with Crippen molar-refractivity contribution >= 4 is 5.78 Å². The molecule has 1 aliphatic heterocycles. The van der Waals surface area contributed by atoms with Crippen LogP contribution in [0.5, 0.6) is 0 Å². The second-order valence-electron chi connectivity index (χ2n) is 3.94. The second kappa shape index (κ2) is 4.20. The lowest BCUT2D eigenvalue weighted by molar-refractivity contribution is -0.258. The van der Waals surface area contributed by atoms with Gasteiger partial charge in [0.2, 0.25) is 0 Å². The third kappa shape index (κ3) is 3.08. The number of Topliss-reactive ketones (excluding diaryl/α,β-unsaturated/α-hetero) is 1. The van der Waals surface area contributed by atoms with Crippen LogP contribution in [0, 0.1) is 5.92 Å². The van der Waals surface area contributed by atoms with Gasteiger partial charge in [-0.2, -0.15) is 0 Å². The fraction of sp³-hybridized carbons (Fsp3) is 0.900. The summed E-state index contributed by atoms with van der Waals surface area (Å²) in [5.41, 5.74) is 0. The van der Waals surface area contributed by atoms with Gasteiger partial charge in [0.15, 0.2) is 5.79 Å². The highest BCUT2D eigenvalue weighted by Crippen LogP contribution is 2.21. The van der Waals surface area contributed by atoms with Crippen LogP contribution in [0.4, 0.5) is 0 Å². The zero-order valence-corrected chi connectivity index (χ0v) is 8.63. The summed E-state index contributed by atoms with van der Waals surface area (Å²) in [5, 5.41) is 0. The predicted molar refractivity (Wildman–Crippen MR) is 49.4 cm³/mol. The highest BCUT2D eigenvalue weighted by Gasteiger charge is 2.31. The van der Waals surface area contributed by atoms with Crippen LogP contribution in [0.15, 0.2) is 0 Å². The number of hydrogen-bond donors (Lipinski definition) is 0. The van der Waals surface area contributed by atoms with Gasteiger partial charge in [-0.15, -0.1) is 0 Å². The highest BCUT2D eigenvalue weighted by molar-refractivity contribution is 5.81. The minimum absolute atomic E-state index is 0.0482. The first-order valence-electron chi connectivity index (χ1n) is 4.86. The van der Waals surface area contributed by atoms with E-state index in [1.807, 2.05) is 20.8 Å². The average molecular weight is 186 g/mol. The Balaban J connectivity index is 2.36. The Morgan fingerprint density at radius 3 is 2.38 bits per heavy atom. The Kier molecular flexibility index (Phi) is 3.45.